The minimum absolute atomic E-state index is 0.0970. The Morgan fingerprint density at radius 3 is 2.14 bits per heavy atom. The van der Waals surface area contributed by atoms with Gasteiger partial charge in [0.25, 0.3) is 0 Å². The monoisotopic (exact) mass is 519 g/mol. The molecular formula is C26H34ClN3O4S. The molecule has 1 atom stereocenters. The maximum Gasteiger partial charge on any atom is 0.243 e. The van der Waals surface area contributed by atoms with Gasteiger partial charge in [0, 0.05) is 32.2 Å². The van der Waals surface area contributed by atoms with Gasteiger partial charge in [-0.15, -0.1) is 11.6 Å². The number of carbonyl (C=O) groups excluding carboxylic acids is 2. The van der Waals surface area contributed by atoms with Crippen LogP contribution in [-0.4, -0.2) is 71.9 Å². The molecule has 1 aliphatic rings. The van der Waals surface area contributed by atoms with E-state index in [0.717, 1.165) is 5.56 Å². The topological polar surface area (TPSA) is 78.0 Å². The maximum absolute atomic E-state index is 13.7. The van der Waals surface area contributed by atoms with Crippen molar-refractivity contribution in [2.45, 2.75) is 56.0 Å². The Bertz CT molecular complexity index is 1070. The Labute approximate surface area is 213 Å². The number of alkyl halides is 1. The van der Waals surface area contributed by atoms with Crippen molar-refractivity contribution in [3.8, 4) is 0 Å². The summed E-state index contributed by atoms with van der Waals surface area (Å²) in [5.74, 6) is -0.341. The molecule has 0 saturated carbocycles. The second-order valence-corrected chi connectivity index (χ2v) is 11.4. The van der Waals surface area contributed by atoms with E-state index in [9.17, 15) is 18.0 Å². The van der Waals surface area contributed by atoms with Crippen molar-refractivity contribution in [1.82, 2.24) is 14.1 Å². The third-order valence-electron chi connectivity index (χ3n) is 6.24. The Balaban J connectivity index is 1.81. The summed E-state index contributed by atoms with van der Waals surface area (Å²) in [6, 6.07) is 17.8. The van der Waals surface area contributed by atoms with Gasteiger partial charge in [-0.05, 0) is 43.9 Å². The fraction of sp³-hybridized carbons (Fsp3) is 0.462. The number of hydrogen-bond donors (Lipinski definition) is 0. The zero-order valence-corrected chi connectivity index (χ0v) is 21.9. The van der Waals surface area contributed by atoms with E-state index >= 15 is 0 Å². The summed E-state index contributed by atoms with van der Waals surface area (Å²) in [6.07, 6.45) is 1.83. The first kappa shape index (κ1) is 27.2. The highest BCUT2D eigenvalue weighted by Crippen LogP contribution is 2.22. The summed E-state index contributed by atoms with van der Waals surface area (Å²) in [4.78, 5) is 29.7. The molecule has 35 heavy (non-hydrogen) atoms. The third kappa shape index (κ3) is 7.06. The van der Waals surface area contributed by atoms with Crippen molar-refractivity contribution in [2.75, 3.05) is 26.2 Å². The molecule has 0 bridgehead atoms. The molecule has 0 aliphatic carbocycles. The highest BCUT2D eigenvalue weighted by molar-refractivity contribution is 7.89. The van der Waals surface area contributed by atoms with Crippen molar-refractivity contribution in [1.29, 1.82) is 0 Å². The van der Waals surface area contributed by atoms with Crippen molar-refractivity contribution in [2.24, 2.45) is 0 Å². The molecule has 2 amide bonds. The van der Waals surface area contributed by atoms with Gasteiger partial charge in [0.1, 0.15) is 5.38 Å². The first-order valence-electron chi connectivity index (χ1n) is 12.1. The Morgan fingerprint density at radius 2 is 1.60 bits per heavy atom. The summed E-state index contributed by atoms with van der Waals surface area (Å²) < 4.78 is 27.9. The Kier molecular flexibility index (Phi) is 9.71. The Morgan fingerprint density at radius 1 is 1.03 bits per heavy atom. The van der Waals surface area contributed by atoms with Crippen molar-refractivity contribution >= 4 is 33.4 Å². The number of halogens is 1. The first-order chi connectivity index (χ1) is 16.7. The van der Waals surface area contributed by atoms with Crippen LogP contribution in [0.4, 0.5) is 0 Å². The number of sulfonamides is 1. The number of piperidine rings is 1. The molecule has 1 unspecified atom stereocenters. The fourth-order valence-corrected chi connectivity index (χ4v) is 6.01. The number of nitrogens with zero attached hydrogens (tertiary/aromatic N) is 3. The predicted octanol–water partition coefficient (Wildman–Crippen LogP) is 3.73. The summed E-state index contributed by atoms with van der Waals surface area (Å²) >= 11 is 5.98. The molecule has 0 N–H and O–H groups in total. The molecule has 1 aliphatic heterocycles. The van der Waals surface area contributed by atoms with Crippen LogP contribution in [0.5, 0.6) is 0 Å². The molecule has 1 heterocycles. The van der Waals surface area contributed by atoms with E-state index in [-0.39, 0.29) is 35.8 Å². The van der Waals surface area contributed by atoms with Crippen LogP contribution in [0.2, 0.25) is 0 Å². The quantitative estimate of drug-likeness (QED) is 0.448. The number of hydrogen-bond acceptors (Lipinski definition) is 4. The predicted molar refractivity (Wildman–Crippen MR) is 137 cm³/mol. The number of likely N-dealkylation sites (tertiary alicyclic amines) is 1. The lowest BCUT2D eigenvalue weighted by Gasteiger charge is -2.39. The largest absolute Gasteiger partial charge is 0.341 e. The van der Waals surface area contributed by atoms with Gasteiger partial charge in [-0.1, -0.05) is 55.5 Å². The molecule has 9 heteroatoms. The van der Waals surface area contributed by atoms with E-state index in [1.54, 1.807) is 47.1 Å². The smallest absolute Gasteiger partial charge is 0.243 e. The number of carbonyl (C=O) groups is 2. The van der Waals surface area contributed by atoms with Crippen LogP contribution in [0.25, 0.3) is 0 Å². The molecule has 3 rings (SSSR count). The molecule has 0 radical (unpaired) electrons. The first-order valence-corrected chi connectivity index (χ1v) is 13.9. The zero-order valence-electron chi connectivity index (χ0n) is 20.3. The second kappa shape index (κ2) is 12.5. The van der Waals surface area contributed by atoms with Crippen LogP contribution >= 0.6 is 11.6 Å². The Hall–Kier alpha value is -2.42. The number of benzene rings is 2. The average molecular weight is 520 g/mol. The molecule has 1 saturated heterocycles. The lowest BCUT2D eigenvalue weighted by molar-refractivity contribution is -0.137. The van der Waals surface area contributed by atoms with Crippen LogP contribution in [0.1, 0.15) is 38.7 Å². The van der Waals surface area contributed by atoms with Gasteiger partial charge < -0.3 is 9.80 Å². The van der Waals surface area contributed by atoms with Gasteiger partial charge >= 0.3 is 0 Å². The van der Waals surface area contributed by atoms with Gasteiger partial charge in [-0.2, -0.15) is 4.31 Å². The van der Waals surface area contributed by atoms with Crippen LogP contribution < -0.4 is 0 Å². The second-order valence-electron chi connectivity index (χ2n) is 8.83. The molecular weight excluding hydrogens is 486 g/mol. The molecule has 0 aromatic heterocycles. The maximum atomic E-state index is 13.7. The minimum Gasteiger partial charge on any atom is -0.341 e. The lowest BCUT2D eigenvalue weighted by Crippen LogP contribution is -2.52. The molecule has 0 spiro atoms. The fourth-order valence-electron chi connectivity index (χ4n) is 4.37. The van der Waals surface area contributed by atoms with Gasteiger partial charge in [-0.25, -0.2) is 8.42 Å². The van der Waals surface area contributed by atoms with E-state index in [2.05, 4.69) is 0 Å². The van der Waals surface area contributed by atoms with Crippen molar-refractivity contribution in [3.05, 3.63) is 66.2 Å². The molecule has 7 nitrogen and oxygen atoms in total. The van der Waals surface area contributed by atoms with Crippen LogP contribution in [-0.2, 0) is 26.2 Å². The van der Waals surface area contributed by atoms with Crippen LogP contribution in [0.3, 0.4) is 0 Å². The highest BCUT2D eigenvalue weighted by atomic mass is 35.5. The van der Waals surface area contributed by atoms with Crippen LogP contribution in [0, 0.1) is 0 Å². The summed E-state index contributed by atoms with van der Waals surface area (Å²) in [7, 11) is -3.81. The summed E-state index contributed by atoms with van der Waals surface area (Å²) in [5.41, 5.74) is 0.974. The van der Waals surface area contributed by atoms with Crippen LogP contribution in [0.15, 0.2) is 65.6 Å². The van der Waals surface area contributed by atoms with Crippen molar-refractivity contribution in [3.63, 3.8) is 0 Å². The minimum atomic E-state index is -3.81. The standard InChI is InChI=1S/C26H34ClN3O4S/c1-3-16-29(35(33,34)24-12-8-5-9-13-24)20-25(31)30(19-22-10-6-4-7-11-22)23-14-17-28(18-15-23)26(32)21(2)27/h4-13,21,23H,3,14-20H2,1-2H3. The average Bonchev–Trinajstić information content (AvgIpc) is 2.87. The molecule has 2 aromatic rings. The summed E-state index contributed by atoms with van der Waals surface area (Å²) in [6.45, 7) is 5.00. The van der Waals surface area contributed by atoms with Gasteiger partial charge in [-0.3, -0.25) is 9.59 Å². The van der Waals surface area contributed by atoms with Gasteiger partial charge in [0.15, 0.2) is 0 Å². The van der Waals surface area contributed by atoms with E-state index < -0.39 is 15.4 Å². The molecule has 2 aromatic carbocycles. The normalized spacial score (nSPS) is 15.7. The highest BCUT2D eigenvalue weighted by Gasteiger charge is 2.33. The SMILES string of the molecule is CCCN(CC(=O)N(Cc1ccccc1)C1CCN(C(=O)C(C)Cl)CC1)S(=O)(=O)c1ccccc1. The van der Waals surface area contributed by atoms with Gasteiger partial charge in [0.05, 0.1) is 11.4 Å². The molecule has 1 fully saturated rings. The van der Waals surface area contributed by atoms with E-state index in [4.69, 9.17) is 11.6 Å². The number of amides is 2. The van der Waals surface area contributed by atoms with Gasteiger partial charge in [0.2, 0.25) is 21.8 Å². The zero-order chi connectivity index (χ0) is 25.4. The summed E-state index contributed by atoms with van der Waals surface area (Å²) in [5, 5.41) is -0.584. The lowest BCUT2D eigenvalue weighted by atomic mass is 10.0. The van der Waals surface area contributed by atoms with E-state index in [1.165, 1.54) is 4.31 Å². The molecule has 190 valence electrons. The number of rotatable bonds is 10. The van der Waals surface area contributed by atoms with E-state index in [0.29, 0.717) is 38.9 Å². The van der Waals surface area contributed by atoms with E-state index in [1.807, 2.05) is 37.3 Å². The third-order valence-corrected chi connectivity index (χ3v) is 8.28. The van der Waals surface area contributed by atoms with Crippen molar-refractivity contribution < 1.29 is 18.0 Å².